The fraction of sp³-hybridized carbons (Fsp3) is 0.429. The zero-order valence-corrected chi connectivity index (χ0v) is 19.6. The smallest absolute Gasteiger partial charge is 0.194 e. The van der Waals surface area contributed by atoms with E-state index in [0.717, 1.165) is 61.6 Å². The minimum atomic E-state index is 0. The van der Waals surface area contributed by atoms with Crippen LogP contribution >= 0.6 is 24.0 Å². The van der Waals surface area contributed by atoms with Crippen LogP contribution in [0.5, 0.6) is 11.5 Å². The van der Waals surface area contributed by atoms with Gasteiger partial charge in [0.25, 0.3) is 0 Å². The Bertz CT molecular complexity index is 780. The number of nitrogens with one attached hydrogen (secondary N) is 1. The highest BCUT2D eigenvalue weighted by molar-refractivity contribution is 14.0. The molecule has 2 heterocycles. The lowest BCUT2D eigenvalue weighted by atomic mass is 10.2. The second kappa shape index (κ2) is 11.7. The van der Waals surface area contributed by atoms with Crippen LogP contribution in [0.1, 0.15) is 12.5 Å². The van der Waals surface area contributed by atoms with Gasteiger partial charge in [0.1, 0.15) is 5.82 Å². The first-order valence-corrected chi connectivity index (χ1v) is 9.66. The number of aliphatic imine (C=N–C) groups is 1. The molecule has 0 aliphatic carbocycles. The molecule has 0 amide bonds. The monoisotopic (exact) mass is 511 g/mol. The van der Waals surface area contributed by atoms with Gasteiger partial charge in [0.2, 0.25) is 0 Å². The number of anilines is 1. The van der Waals surface area contributed by atoms with Crippen molar-refractivity contribution in [2.75, 3.05) is 51.8 Å². The Labute approximate surface area is 190 Å². The number of halogens is 1. The van der Waals surface area contributed by atoms with Gasteiger partial charge in [-0.2, -0.15) is 0 Å². The number of rotatable bonds is 6. The fourth-order valence-electron chi connectivity index (χ4n) is 3.35. The summed E-state index contributed by atoms with van der Waals surface area (Å²) >= 11 is 0. The zero-order chi connectivity index (χ0) is 19.8. The van der Waals surface area contributed by atoms with Gasteiger partial charge in [-0.15, -0.1) is 24.0 Å². The Morgan fingerprint density at radius 1 is 1.07 bits per heavy atom. The quantitative estimate of drug-likeness (QED) is 0.366. The Hall–Kier alpha value is -2.23. The number of aromatic nitrogens is 1. The first kappa shape index (κ1) is 23.1. The molecule has 1 fully saturated rings. The van der Waals surface area contributed by atoms with Crippen LogP contribution in [-0.2, 0) is 6.54 Å². The summed E-state index contributed by atoms with van der Waals surface area (Å²) in [7, 11) is 3.31. The number of ether oxygens (including phenoxy) is 2. The molecule has 1 N–H and O–H groups in total. The third-order valence-corrected chi connectivity index (χ3v) is 4.77. The Morgan fingerprint density at radius 2 is 1.86 bits per heavy atom. The molecule has 7 nitrogen and oxygen atoms in total. The zero-order valence-electron chi connectivity index (χ0n) is 17.3. The number of methoxy groups -OCH3 is 2. The van der Waals surface area contributed by atoms with Crippen LogP contribution in [0.2, 0.25) is 0 Å². The van der Waals surface area contributed by atoms with E-state index in [4.69, 9.17) is 14.5 Å². The van der Waals surface area contributed by atoms with E-state index in [2.05, 4.69) is 33.1 Å². The first-order chi connectivity index (χ1) is 13.8. The van der Waals surface area contributed by atoms with Gasteiger partial charge in [0.05, 0.1) is 20.8 Å². The van der Waals surface area contributed by atoms with E-state index in [9.17, 15) is 0 Å². The van der Waals surface area contributed by atoms with Crippen molar-refractivity contribution < 1.29 is 9.47 Å². The van der Waals surface area contributed by atoms with Crippen molar-refractivity contribution in [2.45, 2.75) is 13.5 Å². The molecule has 158 valence electrons. The van der Waals surface area contributed by atoms with Crippen molar-refractivity contribution in [1.82, 2.24) is 15.2 Å². The lowest BCUT2D eigenvalue weighted by Crippen LogP contribution is -2.52. The summed E-state index contributed by atoms with van der Waals surface area (Å²) in [6, 6.07) is 11.9. The van der Waals surface area contributed by atoms with Gasteiger partial charge in [-0.3, -0.25) is 0 Å². The van der Waals surface area contributed by atoms with Crippen LogP contribution in [0.3, 0.4) is 0 Å². The highest BCUT2D eigenvalue weighted by atomic mass is 127. The molecule has 1 aliphatic rings. The van der Waals surface area contributed by atoms with E-state index in [-0.39, 0.29) is 24.0 Å². The molecule has 0 radical (unpaired) electrons. The van der Waals surface area contributed by atoms with Crippen molar-refractivity contribution >= 4 is 35.8 Å². The predicted octanol–water partition coefficient (Wildman–Crippen LogP) is 3.00. The molecule has 0 saturated carbocycles. The van der Waals surface area contributed by atoms with Crippen molar-refractivity contribution in [2.24, 2.45) is 4.99 Å². The van der Waals surface area contributed by atoms with Gasteiger partial charge in [-0.05, 0) is 25.1 Å². The van der Waals surface area contributed by atoms with E-state index >= 15 is 0 Å². The first-order valence-electron chi connectivity index (χ1n) is 9.66. The highest BCUT2D eigenvalue weighted by Crippen LogP contribution is 2.31. The number of para-hydroxylation sites is 1. The molecule has 0 atom stereocenters. The molecule has 0 unspecified atom stereocenters. The maximum atomic E-state index is 5.53. The maximum absolute atomic E-state index is 5.53. The minimum Gasteiger partial charge on any atom is -0.493 e. The van der Waals surface area contributed by atoms with Gasteiger partial charge in [0.15, 0.2) is 17.5 Å². The number of guanidine groups is 1. The number of piperazine rings is 1. The van der Waals surface area contributed by atoms with E-state index in [1.54, 1.807) is 14.2 Å². The van der Waals surface area contributed by atoms with Crippen molar-refractivity contribution in [1.29, 1.82) is 0 Å². The summed E-state index contributed by atoms with van der Waals surface area (Å²) in [5, 5.41) is 3.41. The SMILES string of the molecule is CCNC(=NCc1cccc(OC)c1OC)N1CCN(c2ccccn2)CC1.I. The molecule has 2 aromatic rings. The molecule has 3 rings (SSSR count). The normalized spacial score (nSPS) is 14.2. The van der Waals surface area contributed by atoms with Crippen LogP contribution in [0, 0.1) is 0 Å². The van der Waals surface area contributed by atoms with Gasteiger partial charge in [0, 0.05) is 44.5 Å². The van der Waals surface area contributed by atoms with E-state index in [1.807, 2.05) is 36.5 Å². The van der Waals surface area contributed by atoms with Crippen LogP contribution < -0.4 is 19.7 Å². The Morgan fingerprint density at radius 3 is 2.48 bits per heavy atom. The van der Waals surface area contributed by atoms with Crippen LogP contribution in [0.4, 0.5) is 5.82 Å². The third kappa shape index (κ3) is 5.88. The molecule has 0 spiro atoms. The summed E-state index contributed by atoms with van der Waals surface area (Å²) in [4.78, 5) is 13.9. The molecular weight excluding hydrogens is 481 g/mol. The third-order valence-electron chi connectivity index (χ3n) is 4.77. The molecule has 1 aromatic heterocycles. The van der Waals surface area contributed by atoms with Crippen LogP contribution in [-0.4, -0.2) is 62.8 Å². The number of benzene rings is 1. The van der Waals surface area contributed by atoms with Gasteiger partial charge < -0.3 is 24.6 Å². The van der Waals surface area contributed by atoms with E-state index < -0.39 is 0 Å². The fourth-order valence-corrected chi connectivity index (χ4v) is 3.35. The highest BCUT2D eigenvalue weighted by Gasteiger charge is 2.20. The topological polar surface area (TPSA) is 62.2 Å². The van der Waals surface area contributed by atoms with E-state index in [0.29, 0.717) is 6.54 Å². The lowest BCUT2D eigenvalue weighted by molar-refractivity contribution is 0.351. The molecule has 29 heavy (non-hydrogen) atoms. The molecule has 1 aliphatic heterocycles. The van der Waals surface area contributed by atoms with Gasteiger partial charge in [-0.25, -0.2) is 9.98 Å². The van der Waals surface area contributed by atoms with Gasteiger partial charge in [-0.1, -0.05) is 18.2 Å². The van der Waals surface area contributed by atoms with E-state index in [1.165, 1.54) is 0 Å². The lowest BCUT2D eigenvalue weighted by Gasteiger charge is -2.37. The number of hydrogen-bond acceptors (Lipinski definition) is 5. The predicted molar refractivity (Wildman–Crippen MR) is 128 cm³/mol. The number of hydrogen-bond donors (Lipinski definition) is 1. The molecule has 8 heteroatoms. The Kier molecular flexibility index (Phi) is 9.30. The molecule has 1 saturated heterocycles. The van der Waals surface area contributed by atoms with Crippen molar-refractivity contribution in [3.05, 3.63) is 48.2 Å². The average Bonchev–Trinajstić information content (AvgIpc) is 2.77. The summed E-state index contributed by atoms with van der Waals surface area (Å²) in [5.41, 5.74) is 1.00. The minimum absolute atomic E-state index is 0. The molecule has 1 aromatic carbocycles. The van der Waals surface area contributed by atoms with Crippen LogP contribution in [0.25, 0.3) is 0 Å². The number of pyridine rings is 1. The van der Waals surface area contributed by atoms with Crippen molar-refractivity contribution in [3.8, 4) is 11.5 Å². The maximum Gasteiger partial charge on any atom is 0.194 e. The van der Waals surface area contributed by atoms with Crippen molar-refractivity contribution in [3.63, 3.8) is 0 Å². The number of nitrogens with zero attached hydrogens (tertiary/aromatic N) is 4. The second-order valence-electron chi connectivity index (χ2n) is 6.48. The summed E-state index contributed by atoms with van der Waals surface area (Å²) < 4.78 is 10.9. The van der Waals surface area contributed by atoms with Crippen LogP contribution in [0.15, 0.2) is 47.6 Å². The summed E-state index contributed by atoms with van der Waals surface area (Å²) in [5.74, 6) is 3.42. The second-order valence-corrected chi connectivity index (χ2v) is 6.48. The average molecular weight is 511 g/mol. The summed E-state index contributed by atoms with van der Waals surface area (Å²) in [6.45, 7) is 7.09. The van der Waals surface area contributed by atoms with Gasteiger partial charge >= 0.3 is 0 Å². The Balaban J connectivity index is 0.00000300. The molecule has 0 bridgehead atoms. The summed E-state index contributed by atoms with van der Waals surface area (Å²) in [6.07, 6.45) is 1.84. The standard InChI is InChI=1S/C21H29N5O2.HI/c1-4-22-21(24-16-17-8-7-9-18(27-2)20(17)28-3)26-14-12-25(13-15-26)19-10-5-6-11-23-19;/h5-11H,4,12-16H2,1-3H3,(H,22,24);1H. The molecular formula is C21H30IN5O2. The largest absolute Gasteiger partial charge is 0.493 e.